The van der Waals surface area contributed by atoms with Gasteiger partial charge in [0.1, 0.15) is 23.1 Å². The van der Waals surface area contributed by atoms with Gasteiger partial charge in [-0.1, -0.05) is 172 Å². The minimum atomic E-state index is -4.89. The largest absolute Gasteiger partial charge is 0.456 e. The molecule has 0 saturated heterocycles. The quantitative estimate of drug-likeness (QED) is 0.0506. The van der Waals surface area contributed by atoms with E-state index in [1.807, 2.05) is 26.0 Å². The summed E-state index contributed by atoms with van der Waals surface area (Å²) in [4.78, 5) is 0. The summed E-state index contributed by atoms with van der Waals surface area (Å²) in [5.74, 6) is -15.2. The summed E-state index contributed by atoms with van der Waals surface area (Å²) in [5, 5.41) is 0. The molecule has 0 aromatic heterocycles. The van der Waals surface area contributed by atoms with Crippen molar-refractivity contribution in [1.29, 1.82) is 0 Å². The molecule has 0 radical (unpaired) electrons. The molecular weight excluding hydrogens is 1120 g/mol. The van der Waals surface area contributed by atoms with Crippen molar-refractivity contribution in [2.75, 3.05) is 27.4 Å². The van der Waals surface area contributed by atoms with Crippen LogP contribution >= 0.6 is 0 Å². The van der Waals surface area contributed by atoms with Crippen LogP contribution in [0, 0.1) is 23.5 Å². The zero-order valence-corrected chi connectivity index (χ0v) is 47.6. The molecule has 8 rings (SSSR count). The number of methoxy groups -OCH3 is 2. The van der Waals surface area contributed by atoms with E-state index in [0.717, 1.165) is 87.4 Å². The van der Waals surface area contributed by atoms with E-state index in [2.05, 4.69) is 0 Å². The van der Waals surface area contributed by atoms with Gasteiger partial charge in [-0.3, -0.25) is 0 Å². The Kier molecular flexibility index (Phi) is 20.8. The number of hydrogen-bond donors (Lipinski definition) is 0. The van der Waals surface area contributed by atoms with Crippen molar-refractivity contribution in [2.24, 2.45) is 11.8 Å². The minimum absolute atomic E-state index is 0.201. The fourth-order valence-electron chi connectivity index (χ4n) is 10.8. The number of unbranched alkanes of at least 4 members (excludes halogenated alkanes) is 2. The summed E-state index contributed by atoms with van der Waals surface area (Å²) in [5.41, 5.74) is -0.706. The van der Waals surface area contributed by atoms with Gasteiger partial charge in [-0.25, -0.2) is 8.78 Å². The standard InChI is InChI=1S/C70H66F12O3/c1-5-7-15-45-25-33-57(61(71)39-45)49-27-21-47(22-28-49)37-59-51(41-55(43-83-3)69(77,78)79)31-35-63(65(59)67(73,74)53-17-11-9-12-18-53)85-64-36-32-52(42-56(44-84-4)70(80,81)82)60(66(64)68(75,76)54-19-13-10-14-20-54)38-48-23-29-50(30-24-48)58-34-26-46(16-8-6-2)40-62(58)72/h9-14,17-36,39-40,55-56H,5-8,15-16,37-38,41-44H2,1-4H3. The molecule has 0 bridgehead atoms. The first kappa shape index (κ1) is 63.7. The lowest BCUT2D eigenvalue weighted by molar-refractivity contribution is -0.186. The molecule has 8 aromatic rings. The van der Waals surface area contributed by atoms with Crippen molar-refractivity contribution in [3.05, 3.63) is 248 Å². The van der Waals surface area contributed by atoms with Crippen LogP contribution in [0.1, 0.15) is 106 Å². The van der Waals surface area contributed by atoms with Crippen molar-refractivity contribution in [1.82, 2.24) is 0 Å². The van der Waals surface area contributed by atoms with Crippen molar-refractivity contribution in [3.8, 4) is 33.8 Å². The lowest BCUT2D eigenvalue weighted by atomic mass is 9.84. The van der Waals surface area contributed by atoms with Crippen molar-refractivity contribution in [3.63, 3.8) is 0 Å². The number of alkyl halides is 10. The fourth-order valence-corrected chi connectivity index (χ4v) is 10.8. The molecule has 85 heavy (non-hydrogen) atoms. The molecule has 15 heteroatoms. The Bertz CT molecular complexity index is 3240. The lowest BCUT2D eigenvalue weighted by Gasteiger charge is -2.30. The van der Waals surface area contributed by atoms with E-state index in [-0.39, 0.29) is 33.4 Å². The third kappa shape index (κ3) is 15.4. The molecule has 2 unspecified atom stereocenters. The van der Waals surface area contributed by atoms with Crippen LogP contribution in [0.5, 0.6) is 11.5 Å². The van der Waals surface area contributed by atoms with Crippen molar-refractivity contribution in [2.45, 2.75) is 102 Å². The van der Waals surface area contributed by atoms with Gasteiger partial charge in [-0.05, 0) is 131 Å². The molecule has 0 saturated carbocycles. The average Bonchev–Trinajstić information content (AvgIpc) is 1.19. The van der Waals surface area contributed by atoms with E-state index in [0.29, 0.717) is 35.1 Å². The molecule has 0 heterocycles. The van der Waals surface area contributed by atoms with Crippen LogP contribution in [0.3, 0.4) is 0 Å². The highest BCUT2D eigenvalue weighted by Gasteiger charge is 2.46. The molecule has 0 aliphatic rings. The predicted octanol–water partition coefficient (Wildman–Crippen LogP) is 20.0. The second kappa shape index (κ2) is 27.8. The maximum Gasteiger partial charge on any atom is 0.394 e. The monoisotopic (exact) mass is 1180 g/mol. The van der Waals surface area contributed by atoms with Gasteiger partial charge >= 0.3 is 24.2 Å². The number of aryl methyl sites for hydroxylation is 2. The summed E-state index contributed by atoms with van der Waals surface area (Å²) in [6, 6.07) is 39.1. The van der Waals surface area contributed by atoms with Crippen molar-refractivity contribution >= 4 is 0 Å². The minimum Gasteiger partial charge on any atom is -0.456 e. The number of benzene rings is 8. The number of halogens is 12. The molecule has 0 N–H and O–H groups in total. The summed E-state index contributed by atoms with van der Waals surface area (Å²) >= 11 is 0. The van der Waals surface area contributed by atoms with Gasteiger partial charge in [0.25, 0.3) is 0 Å². The third-order valence-corrected chi connectivity index (χ3v) is 15.5. The van der Waals surface area contributed by atoms with Crippen LogP contribution < -0.4 is 4.74 Å². The van der Waals surface area contributed by atoms with Gasteiger partial charge in [0.05, 0.1) is 36.2 Å². The number of ether oxygens (including phenoxy) is 3. The Balaban J connectivity index is 1.35. The Morgan fingerprint density at radius 3 is 1.08 bits per heavy atom. The van der Waals surface area contributed by atoms with Gasteiger partial charge in [0.2, 0.25) is 0 Å². The molecule has 3 nitrogen and oxygen atoms in total. The highest BCUT2D eigenvalue weighted by atomic mass is 19.4. The van der Waals surface area contributed by atoms with Gasteiger partial charge in [0.15, 0.2) is 0 Å². The Labute approximate surface area is 488 Å². The first-order valence-electron chi connectivity index (χ1n) is 28.3. The zero-order valence-electron chi connectivity index (χ0n) is 47.6. The second-order valence-electron chi connectivity index (χ2n) is 21.5. The zero-order chi connectivity index (χ0) is 61.1. The first-order valence-corrected chi connectivity index (χ1v) is 28.3. The summed E-state index contributed by atoms with van der Waals surface area (Å²) in [6.07, 6.45) is -7.60. The van der Waals surface area contributed by atoms with Gasteiger partial charge < -0.3 is 14.2 Å². The highest BCUT2D eigenvalue weighted by molar-refractivity contribution is 5.67. The fraction of sp³-hybridized carbons (Fsp3) is 0.314. The smallest absolute Gasteiger partial charge is 0.394 e. The van der Waals surface area contributed by atoms with E-state index in [1.165, 1.54) is 84.9 Å². The Morgan fingerprint density at radius 2 is 0.765 bits per heavy atom. The lowest BCUT2D eigenvalue weighted by Crippen LogP contribution is -2.30. The van der Waals surface area contributed by atoms with Crippen LogP contribution in [0.2, 0.25) is 0 Å². The van der Waals surface area contributed by atoms with E-state index < -0.39 is 120 Å². The molecule has 0 amide bonds. The highest BCUT2D eigenvalue weighted by Crippen LogP contribution is 2.51. The molecule has 0 fully saturated rings. The molecule has 448 valence electrons. The van der Waals surface area contributed by atoms with Gasteiger partial charge in [-0.15, -0.1) is 0 Å². The van der Waals surface area contributed by atoms with E-state index in [1.54, 1.807) is 36.4 Å². The maximum absolute atomic E-state index is 18.1. The van der Waals surface area contributed by atoms with Crippen molar-refractivity contribution < 1.29 is 66.9 Å². The normalized spacial score (nSPS) is 13.0. The molecule has 8 aromatic carbocycles. The first-order chi connectivity index (χ1) is 40.6. The average molecular weight is 1180 g/mol. The Hall–Kier alpha value is -7.36. The van der Waals surface area contributed by atoms with Gasteiger partial charge in [-0.2, -0.15) is 43.9 Å². The molecule has 2 atom stereocenters. The Morgan fingerprint density at radius 1 is 0.412 bits per heavy atom. The number of rotatable bonds is 26. The van der Waals surface area contributed by atoms with Gasteiger partial charge in [0, 0.05) is 36.5 Å². The van der Waals surface area contributed by atoms with Crippen LogP contribution in [0.25, 0.3) is 22.3 Å². The third-order valence-electron chi connectivity index (χ3n) is 15.5. The van der Waals surface area contributed by atoms with Crippen LogP contribution in [-0.4, -0.2) is 39.8 Å². The van der Waals surface area contributed by atoms with E-state index in [4.69, 9.17) is 14.2 Å². The maximum atomic E-state index is 18.1. The summed E-state index contributed by atoms with van der Waals surface area (Å²) < 4.78 is 209. The molecule has 0 spiro atoms. The summed E-state index contributed by atoms with van der Waals surface area (Å²) in [7, 11) is 2.14. The predicted molar refractivity (Wildman–Crippen MR) is 309 cm³/mol. The SMILES string of the molecule is CCCCc1ccc(-c2ccc(Cc3c(CC(COC)C(F)(F)F)ccc(Oc4ccc(CC(COC)C(F)(F)F)c(Cc5ccc(-c6ccc(CCCC)cc6F)cc5)c4C(F)(F)c4ccccc4)c3C(F)(F)c3ccccc3)cc2)c(F)c1. The van der Waals surface area contributed by atoms with E-state index in [9.17, 15) is 26.3 Å². The van der Waals surface area contributed by atoms with Crippen LogP contribution in [-0.2, 0) is 59.8 Å². The van der Waals surface area contributed by atoms with Crippen LogP contribution in [0.15, 0.2) is 170 Å². The molecule has 0 aliphatic heterocycles. The van der Waals surface area contributed by atoms with Crippen LogP contribution in [0.4, 0.5) is 52.7 Å². The molecular formula is C70H66F12O3. The molecule has 0 aliphatic carbocycles. The number of hydrogen-bond acceptors (Lipinski definition) is 3. The van der Waals surface area contributed by atoms with E-state index >= 15 is 26.3 Å². The topological polar surface area (TPSA) is 27.7 Å². The second-order valence-corrected chi connectivity index (χ2v) is 21.5. The summed E-state index contributed by atoms with van der Waals surface area (Å²) in [6.45, 7) is 2.35.